The van der Waals surface area contributed by atoms with E-state index in [0.29, 0.717) is 12.2 Å². The number of aromatic nitrogens is 2. The average molecular weight is 245 g/mol. The van der Waals surface area contributed by atoms with Gasteiger partial charge in [-0.3, -0.25) is 0 Å². The van der Waals surface area contributed by atoms with Gasteiger partial charge in [0.05, 0.1) is 12.6 Å². The summed E-state index contributed by atoms with van der Waals surface area (Å²) in [7, 11) is 0. The summed E-state index contributed by atoms with van der Waals surface area (Å²) in [5, 5.41) is 10.2. The summed E-state index contributed by atoms with van der Waals surface area (Å²) in [6, 6.07) is 7.41. The van der Waals surface area contributed by atoms with E-state index in [4.69, 9.17) is 5.73 Å². The van der Waals surface area contributed by atoms with Gasteiger partial charge in [0.1, 0.15) is 5.82 Å². The van der Waals surface area contributed by atoms with Crippen molar-refractivity contribution in [3.63, 3.8) is 0 Å². The molecule has 0 saturated heterocycles. The second kappa shape index (κ2) is 5.69. The number of benzene rings is 1. The van der Waals surface area contributed by atoms with Crippen LogP contribution in [0.5, 0.6) is 0 Å². The predicted molar refractivity (Wildman–Crippen MR) is 72.0 cm³/mol. The van der Waals surface area contributed by atoms with Crippen LogP contribution in [-0.2, 0) is 13.0 Å². The van der Waals surface area contributed by atoms with Crippen molar-refractivity contribution in [1.29, 1.82) is 0 Å². The molecule has 0 saturated carbocycles. The Bertz CT molecular complexity index is 507. The maximum atomic E-state index is 10.2. The van der Waals surface area contributed by atoms with E-state index in [1.54, 1.807) is 12.3 Å². The Morgan fingerprint density at radius 1 is 1.39 bits per heavy atom. The van der Waals surface area contributed by atoms with E-state index < -0.39 is 6.10 Å². The van der Waals surface area contributed by atoms with Crippen molar-refractivity contribution in [2.24, 2.45) is 0 Å². The van der Waals surface area contributed by atoms with E-state index in [1.807, 2.05) is 29.0 Å². The summed E-state index contributed by atoms with van der Waals surface area (Å²) in [5.41, 5.74) is 7.26. The zero-order valence-electron chi connectivity index (χ0n) is 10.6. The largest absolute Gasteiger partial charge is 0.398 e. The quantitative estimate of drug-likeness (QED) is 0.793. The van der Waals surface area contributed by atoms with Crippen LogP contribution in [0.15, 0.2) is 36.7 Å². The van der Waals surface area contributed by atoms with E-state index >= 15 is 0 Å². The highest BCUT2D eigenvalue weighted by Crippen LogP contribution is 2.21. The Hall–Kier alpha value is -1.81. The molecule has 1 aromatic heterocycles. The van der Waals surface area contributed by atoms with Crippen molar-refractivity contribution in [2.45, 2.75) is 32.4 Å². The fourth-order valence-corrected chi connectivity index (χ4v) is 2.06. The minimum Gasteiger partial charge on any atom is -0.398 e. The molecule has 4 heteroatoms. The van der Waals surface area contributed by atoms with Gasteiger partial charge < -0.3 is 15.4 Å². The number of nitrogens with two attached hydrogens (primary N) is 1. The molecule has 0 amide bonds. The van der Waals surface area contributed by atoms with Crippen LogP contribution < -0.4 is 5.73 Å². The first-order chi connectivity index (χ1) is 8.72. The molecule has 1 heterocycles. The fraction of sp³-hybridized carbons (Fsp3) is 0.357. The van der Waals surface area contributed by atoms with E-state index in [0.717, 1.165) is 24.2 Å². The monoisotopic (exact) mass is 245 g/mol. The summed E-state index contributed by atoms with van der Waals surface area (Å²) < 4.78 is 1.99. The molecule has 0 radical (unpaired) electrons. The number of nitrogens with zero attached hydrogens (tertiary/aromatic N) is 2. The van der Waals surface area contributed by atoms with Crippen LogP contribution in [0.1, 0.15) is 30.8 Å². The first-order valence-electron chi connectivity index (χ1n) is 6.24. The number of aryl methyl sites for hydroxylation is 1. The van der Waals surface area contributed by atoms with Gasteiger partial charge in [0, 0.05) is 30.1 Å². The van der Waals surface area contributed by atoms with Gasteiger partial charge in [0.25, 0.3) is 0 Å². The van der Waals surface area contributed by atoms with Gasteiger partial charge in [-0.1, -0.05) is 25.1 Å². The number of rotatable bonds is 5. The lowest BCUT2D eigenvalue weighted by atomic mass is 10.1. The van der Waals surface area contributed by atoms with Gasteiger partial charge in [-0.2, -0.15) is 0 Å². The Morgan fingerprint density at radius 2 is 2.17 bits per heavy atom. The summed E-state index contributed by atoms with van der Waals surface area (Å²) in [6.07, 6.45) is 5.03. The second-order valence-electron chi connectivity index (χ2n) is 4.39. The second-order valence-corrected chi connectivity index (χ2v) is 4.39. The van der Waals surface area contributed by atoms with Gasteiger partial charge >= 0.3 is 0 Å². The van der Waals surface area contributed by atoms with Gasteiger partial charge in [-0.05, 0) is 12.5 Å². The Kier molecular flexibility index (Phi) is 3.99. The topological polar surface area (TPSA) is 64.1 Å². The molecule has 4 nitrogen and oxygen atoms in total. The van der Waals surface area contributed by atoms with Gasteiger partial charge in [-0.15, -0.1) is 0 Å². The number of aliphatic hydroxyl groups is 1. The summed E-state index contributed by atoms with van der Waals surface area (Å²) in [4.78, 5) is 4.30. The molecule has 0 aliphatic heterocycles. The molecule has 0 bridgehead atoms. The van der Waals surface area contributed by atoms with E-state index in [9.17, 15) is 5.11 Å². The Balaban J connectivity index is 2.14. The third-order valence-electron chi connectivity index (χ3n) is 3.00. The number of hydrogen-bond acceptors (Lipinski definition) is 3. The Labute approximate surface area is 107 Å². The van der Waals surface area contributed by atoms with Crippen LogP contribution in [0.3, 0.4) is 0 Å². The summed E-state index contributed by atoms with van der Waals surface area (Å²) in [5.74, 6) is 1.01. The van der Waals surface area contributed by atoms with Crippen LogP contribution >= 0.6 is 0 Å². The lowest BCUT2D eigenvalue weighted by Crippen LogP contribution is -2.12. The normalized spacial score (nSPS) is 12.6. The van der Waals surface area contributed by atoms with Crippen molar-refractivity contribution >= 4 is 5.69 Å². The summed E-state index contributed by atoms with van der Waals surface area (Å²) >= 11 is 0. The first kappa shape index (κ1) is 12.6. The van der Waals surface area contributed by atoms with Crippen LogP contribution in [0.2, 0.25) is 0 Å². The number of para-hydroxylation sites is 1. The van der Waals surface area contributed by atoms with Crippen molar-refractivity contribution in [1.82, 2.24) is 9.55 Å². The Morgan fingerprint density at radius 3 is 2.89 bits per heavy atom. The molecule has 0 fully saturated rings. The highest BCUT2D eigenvalue weighted by molar-refractivity contribution is 5.47. The standard InChI is InChI=1S/C14H19N3O/c1-2-5-14-16-8-9-17(14)10-13(18)11-6-3-4-7-12(11)15/h3-4,6-9,13,18H,2,5,10,15H2,1H3. The minimum absolute atomic E-state index is 0.490. The third kappa shape index (κ3) is 2.71. The van der Waals surface area contributed by atoms with Crippen molar-refractivity contribution in [2.75, 3.05) is 5.73 Å². The van der Waals surface area contributed by atoms with E-state index in [-0.39, 0.29) is 0 Å². The molecule has 0 aliphatic rings. The van der Waals surface area contributed by atoms with E-state index in [1.165, 1.54) is 0 Å². The van der Waals surface area contributed by atoms with Crippen LogP contribution in [0, 0.1) is 0 Å². The molecular weight excluding hydrogens is 226 g/mol. The number of anilines is 1. The highest BCUT2D eigenvalue weighted by Gasteiger charge is 2.12. The average Bonchev–Trinajstić information content (AvgIpc) is 2.78. The molecule has 0 spiro atoms. The van der Waals surface area contributed by atoms with E-state index in [2.05, 4.69) is 11.9 Å². The third-order valence-corrected chi connectivity index (χ3v) is 3.00. The molecule has 3 N–H and O–H groups in total. The van der Waals surface area contributed by atoms with Crippen LogP contribution in [-0.4, -0.2) is 14.7 Å². The molecule has 1 atom stereocenters. The number of aliphatic hydroxyl groups excluding tert-OH is 1. The molecule has 96 valence electrons. The van der Waals surface area contributed by atoms with Crippen LogP contribution in [0.4, 0.5) is 5.69 Å². The molecular formula is C14H19N3O. The zero-order chi connectivity index (χ0) is 13.0. The predicted octanol–water partition coefficient (Wildman–Crippen LogP) is 2.15. The van der Waals surface area contributed by atoms with Crippen LogP contribution in [0.25, 0.3) is 0 Å². The SMILES string of the molecule is CCCc1nccn1CC(O)c1ccccc1N. The van der Waals surface area contributed by atoms with Gasteiger partial charge in [0.2, 0.25) is 0 Å². The summed E-state index contributed by atoms with van der Waals surface area (Å²) in [6.45, 7) is 2.61. The molecule has 18 heavy (non-hydrogen) atoms. The van der Waals surface area contributed by atoms with Gasteiger partial charge in [-0.25, -0.2) is 4.98 Å². The zero-order valence-corrected chi connectivity index (χ0v) is 10.6. The lowest BCUT2D eigenvalue weighted by molar-refractivity contribution is 0.156. The lowest BCUT2D eigenvalue weighted by Gasteiger charge is -2.15. The fourth-order valence-electron chi connectivity index (χ4n) is 2.06. The molecule has 0 aliphatic carbocycles. The number of imidazole rings is 1. The first-order valence-corrected chi connectivity index (χ1v) is 6.24. The van der Waals surface area contributed by atoms with Gasteiger partial charge in [0.15, 0.2) is 0 Å². The van der Waals surface area contributed by atoms with Crippen molar-refractivity contribution in [3.8, 4) is 0 Å². The maximum absolute atomic E-state index is 10.2. The smallest absolute Gasteiger partial charge is 0.108 e. The molecule has 1 unspecified atom stereocenters. The highest BCUT2D eigenvalue weighted by atomic mass is 16.3. The van der Waals surface area contributed by atoms with Crippen molar-refractivity contribution < 1.29 is 5.11 Å². The van der Waals surface area contributed by atoms with Crippen molar-refractivity contribution in [3.05, 3.63) is 48.0 Å². The maximum Gasteiger partial charge on any atom is 0.108 e. The minimum atomic E-state index is -0.601. The number of nitrogen functional groups attached to an aromatic ring is 1. The molecule has 2 aromatic rings. The molecule has 2 rings (SSSR count). The molecule has 1 aromatic carbocycles. The number of hydrogen-bond donors (Lipinski definition) is 2.